The van der Waals surface area contributed by atoms with Crippen molar-refractivity contribution in [3.8, 4) is 0 Å². The summed E-state index contributed by atoms with van der Waals surface area (Å²) in [5.74, 6) is 6.27. The Kier molecular flexibility index (Phi) is 4.17. The minimum atomic E-state index is -0.309. The third kappa shape index (κ3) is 3.03. The average molecular weight is 280 g/mol. The van der Waals surface area contributed by atoms with Crippen molar-refractivity contribution in [2.24, 2.45) is 5.84 Å². The number of carbonyl (C=O) groups is 1. The molecule has 6 heteroatoms. The molecule has 3 N–H and O–H groups in total. The minimum Gasteiger partial charge on any atom is -0.464 e. The highest BCUT2D eigenvalue weighted by Crippen LogP contribution is 2.22. The van der Waals surface area contributed by atoms with Crippen LogP contribution in [0.4, 0.5) is 0 Å². The van der Waals surface area contributed by atoms with Crippen LogP contribution in [0.1, 0.15) is 35.7 Å². The molecule has 1 saturated heterocycles. The first kappa shape index (κ1) is 15.0. The van der Waals surface area contributed by atoms with Crippen molar-refractivity contribution < 1.29 is 9.21 Å². The normalized spacial score (nSPS) is 20.1. The molecule has 1 aliphatic rings. The first-order chi connectivity index (χ1) is 9.33. The Bertz CT molecular complexity index is 495. The van der Waals surface area contributed by atoms with Crippen molar-refractivity contribution in [2.45, 2.75) is 32.9 Å². The monoisotopic (exact) mass is 280 g/mol. The molecule has 0 unspecified atom stereocenters. The number of likely N-dealkylation sites (N-methyl/N-ethyl adjacent to an activating group) is 1. The second-order valence-electron chi connectivity index (χ2n) is 6.10. The van der Waals surface area contributed by atoms with Crippen LogP contribution in [0.25, 0.3) is 0 Å². The molecular formula is C14H24N4O2. The Morgan fingerprint density at radius 3 is 2.80 bits per heavy atom. The predicted octanol–water partition coefficient (Wildman–Crippen LogP) is 0.718. The van der Waals surface area contributed by atoms with Crippen LogP contribution >= 0.6 is 0 Å². The number of rotatable bonds is 3. The lowest BCUT2D eigenvalue weighted by molar-refractivity contribution is 0.0327. The molecule has 1 aromatic heterocycles. The van der Waals surface area contributed by atoms with Gasteiger partial charge in [0.05, 0.1) is 12.1 Å². The summed E-state index contributed by atoms with van der Waals surface area (Å²) >= 11 is 0. The third-order valence-electron chi connectivity index (χ3n) is 4.12. The summed E-state index contributed by atoms with van der Waals surface area (Å²) in [6, 6.07) is 1.78. The number of hydrogen-bond donors (Lipinski definition) is 2. The SMILES string of the molecule is Cc1oc(CN2CCN(C)C(C)(C)C2)cc1C(=O)NN. The lowest BCUT2D eigenvalue weighted by atomic mass is 10.00. The highest BCUT2D eigenvalue weighted by molar-refractivity contribution is 5.94. The van der Waals surface area contributed by atoms with E-state index in [2.05, 4.69) is 36.1 Å². The Hall–Kier alpha value is -1.37. The number of amides is 1. The molecule has 1 aromatic rings. The lowest BCUT2D eigenvalue weighted by Crippen LogP contribution is -2.57. The number of carbonyl (C=O) groups excluding carboxylic acids is 1. The van der Waals surface area contributed by atoms with E-state index in [-0.39, 0.29) is 11.4 Å². The fraction of sp³-hybridized carbons (Fsp3) is 0.643. The molecule has 0 bridgehead atoms. The van der Waals surface area contributed by atoms with E-state index in [4.69, 9.17) is 10.3 Å². The average Bonchev–Trinajstić information content (AvgIpc) is 2.73. The van der Waals surface area contributed by atoms with E-state index in [9.17, 15) is 4.79 Å². The zero-order valence-corrected chi connectivity index (χ0v) is 12.7. The molecule has 0 radical (unpaired) electrons. The third-order valence-corrected chi connectivity index (χ3v) is 4.12. The zero-order valence-electron chi connectivity index (χ0n) is 12.7. The maximum Gasteiger partial charge on any atom is 0.268 e. The number of hydrazine groups is 1. The number of nitrogens with zero attached hydrogens (tertiary/aromatic N) is 2. The molecular weight excluding hydrogens is 256 g/mol. The van der Waals surface area contributed by atoms with E-state index < -0.39 is 0 Å². The van der Waals surface area contributed by atoms with Crippen molar-refractivity contribution in [3.05, 3.63) is 23.2 Å². The number of aryl methyl sites for hydroxylation is 1. The van der Waals surface area contributed by atoms with Crippen LogP contribution in [0, 0.1) is 6.92 Å². The summed E-state index contributed by atoms with van der Waals surface area (Å²) < 4.78 is 5.66. The maximum atomic E-state index is 11.6. The molecule has 20 heavy (non-hydrogen) atoms. The summed E-state index contributed by atoms with van der Waals surface area (Å²) in [6.07, 6.45) is 0. The quantitative estimate of drug-likeness (QED) is 0.485. The van der Waals surface area contributed by atoms with Gasteiger partial charge in [-0.3, -0.25) is 20.0 Å². The minimum absolute atomic E-state index is 0.150. The first-order valence-corrected chi connectivity index (χ1v) is 6.87. The largest absolute Gasteiger partial charge is 0.464 e. The van der Waals surface area contributed by atoms with Gasteiger partial charge in [-0.15, -0.1) is 0 Å². The molecule has 1 amide bonds. The highest BCUT2D eigenvalue weighted by Gasteiger charge is 2.31. The van der Waals surface area contributed by atoms with Gasteiger partial charge in [0.15, 0.2) is 0 Å². The standard InChI is InChI=1S/C14H24N4O2/c1-10-12(13(19)16-15)7-11(20-10)8-18-6-5-17(4)14(2,3)9-18/h7H,5-6,8-9,15H2,1-4H3,(H,16,19). The number of hydrogen-bond acceptors (Lipinski definition) is 5. The Labute approximate surface area is 119 Å². The molecule has 6 nitrogen and oxygen atoms in total. The van der Waals surface area contributed by atoms with Crippen molar-refractivity contribution in [2.75, 3.05) is 26.7 Å². The van der Waals surface area contributed by atoms with Crippen LogP contribution in [0.15, 0.2) is 10.5 Å². The van der Waals surface area contributed by atoms with Gasteiger partial charge in [0.25, 0.3) is 5.91 Å². The number of piperazine rings is 1. The van der Waals surface area contributed by atoms with E-state index in [1.807, 2.05) is 0 Å². The van der Waals surface area contributed by atoms with E-state index >= 15 is 0 Å². The van der Waals surface area contributed by atoms with Crippen LogP contribution in [-0.2, 0) is 6.54 Å². The van der Waals surface area contributed by atoms with Gasteiger partial charge in [-0.1, -0.05) is 0 Å². The fourth-order valence-electron chi connectivity index (χ4n) is 2.62. The van der Waals surface area contributed by atoms with Crippen LogP contribution in [0.5, 0.6) is 0 Å². The van der Waals surface area contributed by atoms with Gasteiger partial charge in [-0.05, 0) is 33.9 Å². The van der Waals surface area contributed by atoms with Crippen LogP contribution in [0.2, 0.25) is 0 Å². The summed E-state index contributed by atoms with van der Waals surface area (Å²) in [4.78, 5) is 16.3. The van der Waals surface area contributed by atoms with Crippen molar-refractivity contribution in [3.63, 3.8) is 0 Å². The van der Waals surface area contributed by atoms with Crippen LogP contribution in [-0.4, -0.2) is 47.9 Å². The van der Waals surface area contributed by atoms with Crippen LogP contribution in [0.3, 0.4) is 0 Å². The van der Waals surface area contributed by atoms with E-state index in [1.54, 1.807) is 13.0 Å². The summed E-state index contributed by atoms with van der Waals surface area (Å²) in [6.45, 7) is 9.97. The van der Waals surface area contributed by atoms with Crippen molar-refractivity contribution >= 4 is 5.91 Å². The van der Waals surface area contributed by atoms with Gasteiger partial charge in [0.1, 0.15) is 11.5 Å². The first-order valence-electron chi connectivity index (χ1n) is 6.87. The highest BCUT2D eigenvalue weighted by atomic mass is 16.3. The van der Waals surface area contributed by atoms with Gasteiger partial charge in [0, 0.05) is 25.2 Å². The van der Waals surface area contributed by atoms with Gasteiger partial charge < -0.3 is 4.42 Å². The predicted molar refractivity (Wildman–Crippen MR) is 77.1 cm³/mol. The van der Waals surface area contributed by atoms with Crippen molar-refractivity contribution in [1.29, 1.82) is 0 Å². The van der Waals surface area contributed by atoms with Gasteiger partial charge in [-0.25, -0.2) is 5.84 Å². The summed E-state index contributed by atoms with van der Waals surface area (Å²) in [7, 11) is 2.15. The molecule has 2 heterocycles. The van der Waals surface area contributed by atoms with Gasteiger partial charge in [0.2, 0.25) is 0 Å². The molecule has 112 valence electrons. The lowest BCUT2D eigenvalue weighted by Gasteiger charge is -2.45. The Balaban J connectivity index is 2.06. The number of nitrogens with two attached hydrogens (primary N) is 1. The smallest absolute Gasteiger partial charge is 0.268 e. The molecule has 1 fully saturated rings. The molecule has 0 saturated carbocycles. The molecule has 0 aromatic carbocycles. The second-order valence-corrected chi connectivity index (χ2v) is 6.10. The van der Waals surface area contributed by atoms with Crippen LogP contribution < -0.4 is 11.3 Å². The molecule has 0 aliphatic carbocycles. The summed E-state index contributed by atoms with van der Waals surface area (Å²) in [5.41, 5.74) is 2.80. The Morgan fingerprint density at radius 2 is 2.20 bits per heavy atom. The van der Waals surface area contributed by atoms with Gasteiger partial charge >= 0.3 is 0 Å². The molecule has 0 spiro atoms. The topological polar surface area (TPSA) is 74.7 Å². The fourth-order valence-corrected chi connectivity index (χ4v) is 2.62. The molecule has 0 atom stereocenters. The Morgan fingerprint density at radius 1 is 1.50 bits per heavy atom. The second kappa shape index (κ2) is 5.55. The maximum absolute atomic E-state index is 11.6. The van der Waals surface area contributed by atoms with E-state index in [1.165, 1.54) is 0 Å². The number of nitrogens with one attached hydrogen (secondary N) is 1. The van der Waals surface area contributed by atoms with Gasteiger partial charge in [-0.2, -0.15) is 0 Å². The summed E-state index contributed by atoms with van der Waals surface area (Å²) in [5, 5.41) is 0. The molecule has 2 rings (SSSR count). The van der Waals surface area contributed by atoms with E-state index in [0.717, 1.165) is 31.9 Å². The molecule has 1 aliphatic heterocycles. The van der Waals surface area contributed by atoms with Crippen molar-refractivity contribution in [1.82, 2.24) is 15.2 Å². The zero-order chi connectivity index (χ0) is 14.9. The number of furan rings is 1. The number of nitrogen functional groups attached to an aromatic ring is 1. The van der Waals surface area contributed by atoms with E-state index in [0.29, 0.717) is 11.3 Å².